The highest BCUT2D eigenvalue weighted by molar-refractivity contribution is 7.07. The van der Waals surface area contributed by atoms with Gasteiger partial charge in [-0.1, -0.05) is 65.7 Å². The highest BCUT2D eigenvalue weighted by Gasteiger charge is 2.17. The lowest BCUT2D eigenvalue weighted by Crippen LogP contribution is -2.20. The molecule has 6 rings (SSSR count). The Labute approximate surface area is 239 Å². The van der Waals surface area contributed by atoms with Crippen LogP contribution in [0.3, 0.4) is 0 Å². The van der Waals surface area contributed by atoms with Crippen molar-refractivity contribution in [3.8, 4) is 16.9 Å². The number of aromatic amines is 1. The van der Waals surface area contributed by atoms with Gasteiger partial charge in [-0.25, -0.2) is 9.67 Å². The first kappa shape index (κ1) is 25.5. The predicted octanol–water partition coefficient (Wildman–Crippen LogP) is 7.28. The van der Waals surface area contributed by atoms with E-state index in [-0.39, 0.29) is 5.56 Å². The van der Waals surface area contributed by atoms with Gasteiger partial charge in [0.05, 0.1) is 27.1 Å². The summed E-state index contributed by atoms with van der Waals surface area (Å²) in [5.41, 5.74) is 6.08. The van der Waals surface area contributed by atoms with Gasteiger partial charge in [-0.05, 0) is 49.2 Å². The van der Waals surface area contributed by atoms with Crippen LogP contribution in [0.4, 0.5) is 5.69 Å². The van der Waals surface area contributed by atoms with Crippen molar-refractivity contribution in [2.75, 3.05) is 0 Å². The molecular weight excluding hydrogens is 549 g/mol. The Kier molecular flexibility index (Phi) is 6.81. The highest BCUT2D eigenvalue weighted by atomic mass is 35.5. The third-order valence-electron chi connectivity index (χ3n) is 7.02. The van der Waals surface area contributed by atoms with Crippen LogP contribution < -0.4 is 10.4 Å². The molecule has 0 aliphatic carbocycles. The molecule has 1 N–H and O–H groups in total. The summed E-state index contributed by atoms with van der Waals surface area (Å²) in [6.07, 6.45) is 2.84. The lowest BCUT2D eigenvalue weighted by molar-refractivity contribution is 0.630. The zero-order chi connectivity index (χ0) is 27.1. The standard InChI is InChI=1S/C30H25Cl2N5OS/c1-19-28(29(38)37(35(19)2)22-8-4-3-5-9-22)34-30-36(15-14-21-17-33-26-11-7-6-10-23(21)26)27(18-39-30)20-12-13-24(31)25(32)16-20/h3-13,16-18,33H,14-15H2,1-2H3. The van der Waals surface area contributed by atoms with Gasteiger partial charge in [-0.15, -0.1) is 11.3 Å². The van der Waals surface area contributed by atoms with E-state index in [1.807, 2.05) is 67.2 Å². The second-order valence-corrected chi connectivity index (χ2v) is 11.0. The number of aryl methyl sites for hydroxylation is 1. The highest BCUT2D eigenvalue weighted by Crippen LogP contribution is 2.29. The Morgan fingerprint density at radius 3 is 2.54 bits per heavy atom. The minimum Gasteiger partial charge on any atom is -0.361 e. The molecule has 9 heteroatoms. The number of rotatable bonds is 6. The number of para-hydroxylation sites is 2. The van der Waals surface area contributed by atoms with E-state index in [1.54, 1.807) is 10.7 Å². The van der Waals surface area contributed by atoms with Crippen molar-refractivity contribution in [3.05, 3.63) is 121 Å². The second-order valence-electron chi connectivity index (χ2n) is 9.32. The third kappa shape index (κ3) is 4.67. The molecule has 0 unspecified atom stereocenters. The van der Waals surface area contributed by atoms with Crippen molar-refractivity contribution >= 4 is 51.1 Å². The smallest absolute Gasteiger partial charge is 0.297 e. The van der Waals surface area contributed by atoms with Gasteiger partial charge in [0.25, 0.3) is 5.56 Å². The van der Waals surface area contributed by atoms with Crippen LogP contribution in [-0.4, -0.2) is 18.9 Å². The Hall–Kier alpha value is -3.78. The molecule has 6 nitrogen and oxygen atoms in total. The molecule has 0 atom stereocenters. The molecule has 0 fully saturated rings. The molecule has 6 aromatic rings. The fourth-order valence-electron chi connectivity index (χ4n) is 4.87. The molecule has 39 heavy (non-hydrogen) atoms. The normalized spacial score (nSPS) is 12.1. The first-order valence-electron chi connectivity index (χ1n) is 12.5. The van der Waals surface area contributed by atoms with Crippen LogP contribution in [0.2, 0.25) is 10.0 Å². The Morgan fingerprint density at radius 1 is 0.974 bits per heavy atom. The molecule has 0 amide bonds. The maximum atomic E-state index is 13.6. The molecule has 0 saturated heterocycles. The lowest BCUT2D eigenvalue weighted by atomic mass is 10.1. The number of aromatic nitrogens is 4. The molecule has 3 heterocycles. The summed E-state index contributed by atoms with van der Waals surface area (Å²) >= 11 is 14.1. The van der Waals surface area contributed by atoms with Crippen LogP contribution in [0.5, 0.6) is 0 Å². The minimum absolute atomic E-state index is 0.158. The first-order chi connectivity index (χ1) is 18.9. The van der Waals surface area contributed by atoms with Crippen LogP contribution in [0.15, 0.2) is 94.2 Å². The molecule has 0 spiro atoms. The van der Waals surface area contributed by atoms with Gasteiger partial charge in [0.15, 0.2) is 10.5 Å². The molecular formula is C30H25Cl2N5OS. The van der Waals surface area contributed by atoms with Crippen molar-refractivity contribution in [3.63, 3.8) is 0 Å². The molecule has 196 valence electrons. The van der Waals surface area contributed by atoms with Crippen molar-refractivity contribution in [1.82, 2.24) is 18.9 Å². The van der Waals surface area contributed by atoms with E-state index in [2.05, 4.69) is 39.3 Å². The van der Waals surface area contributed by atoms with Gasteiger partial charge in [-0.3, -0.25) is 9.48 Å². The minimum atomic E-state index is -0.158. The maximum Gasteiger partial charge on any atom is 0.297 e. The van der Waals surface area contributed by atoms with Crippen molar-refractivity contribution in [2.24, 2.45) is 12.0 Å². The zero-order valence-corrected chi connectivity index (χ0v) is 23.7. The largest absolute Gasteiger partial charge is 0.361 e. The van der Waals surface area contributed by atoms with E-state index >= 15 is 0 Å². The maximum absolute atomic E-state index is 13.6. The molecule has 0 aliphatic heterocycles. The van der Waals surface area contributed by atoms with E-state index in [1.165, 1.54) is 22.3 Å². The molecule has 3 aromatic carbocycles. The van der Waals surface area contributed by atoms with Crippen LogP contribution in [0, 0.1) is 6.92 Å². The molecule has 0 aliphatic rings. The number of hydrogen-bond acceptors (Lipinski definition) is 3. The number of benzene rings is 3. The van der Waals surface area contributed by atoms with Crippen LogP contribution in [-0.2, 0) is 20.0 Å². The lowest BCUT2D eigenvalue weighted by Gasteiger charge is -2.10. The van der Waals surface area contributed by atoms with Gasteiger partial charge in [0.2, 0.25) is 0 Å². The SMILES string of the molecule is Cc1c(N=c2scc(-c3ccc(Cl)c(Cl)c3)n2CCc2c[nH]c3ccccc23)c(=O)n(-c2ccccc2)n1C. The Balaban J connectivity index is 1.49. The quantitative estimate of drug-likeness (QED) is 0.223. The molecule has 0 radical (unpaired) electrons. The van der Waals surface area contributed by atoms with Gasteiger partial charge in [0, 0.05) is 41.6 Å². The second kappa shape index (κ2) is 10.4. The fraction of sp³-hybridized carbons (Fsp3) is 0.133. The van der Waals surface area contributed by atoms with E-state index in [0.29, 0.717) is 22.3 Å². The first-order valence-corrected chi connectivity index (χ1v) is 14.1. The Bertz CT molecular complexity index is 1940. The molecule has 3 aromatic heterocycles. The average molecular weight is 575 g/mol. The van der Waals surface area contributed by atoms with E-state index in [9.17, 15) is 4.79 Å². The summed E-state index contributed by atoms with van der Waals surface area (Å²) in [6, 6.07) is 23.5. The summed E-state index contributed by atoms with van der Waals surface area (Å²) in [4.78, 5) is 22.6. The summed E-state index contributed by atoms with van der Waals surface area (Å²) in [5, 5.41) is 4.26. The monoisotopic (exact) mass is 573 g/mol. The number of H-pyrrole nitrogens is 1. The van der Waals surface area contributed by atoms with Gasteiger partial charge < -0.3 is 9.55 Å². The zero-order valence-electron chi connectivity index (χ0n) is 21.4. The number of nitrogens with one attached hydrogen (secondary N) is 1. The molecule has 0 saturated carbocycles. The number of nitrogens with zero attached hydrogens (tertiary/aromatic N) is 4. The molecule has 0 bridgehead atoms. The van der Waals surface area contributed by atoms with Crippen LogP contribution in [0.1, 0.15) is 11.3 Å². The number of thiazole rings is 1. The van der Waals surface area contributed by atoms with Crippen molar-refractivity contribution < 1.29 is 0 Å². The predicted molar refractivity (Wildman–Crippen MR) is 161 cm³/mol. The Morgan fingerprint density at radius 2 is 1.74 bits per heavy atom. The summed E-state index contributed by atoms with van der Waals surface area (Å²) < 4.78 is 5.66. The van der Waals surface area contributed by atoms with Crippen LogP contribution in [0.25, 0.3) is 27.8 Å². The number of hydrogen-bond donors (Lipinski definition) is 1. The van der Waals surface area contributed by atoms with E-state index in [4.69, 9.17) is 28.2 Å². The van der Waals surface area contributed by atoms with E-state index in [0.717, 1.165) is 39.4 Å². The summed E-state index contributed by atoms with van der Waals surface area (Å²) in [5.74, 6) is 0. The average Bonchev–Trinajstić information content (AvgIpc) is 3.61. The van der Waals surface area contributed by atoms with Crippen molar-refractivity contribution in [2.45, 2.75) is 19.9 Å². The number of fused-ring (bicyclic) bond motifs is 1. The summed E-state index contributed by atoms with van der Waals surface area (Å²) in [7, 11) is 1.88. The number of halogens is 2. The van der Waals surface area contributed by atoms with Crippen LogP contribution >= 0.6 is 34.5 Å². The van der Waals surface area contributed by atoms with E-state index < -0.39 is 0 Å². The van der Waals surface area contributed by atoms with Gasteiger partial charge in [-0.2, -0.15) is 0 Å². The van der Waals surface area contributed by atoms with Gasteiger partial charge in [0.1, 0.15) is 0 Å². The summed E-state index contributed by atoms with van der Waals surface area (Å²) in [6.45, 7) is 2.59. The van der Waals surface area contributed by atoms with Crippen molar-refractivity contribution in [1.29, 1.82) is 0 Å². The van der Waals surface area contributed by atoms with Gasteiger partial charge >= 0.3 is 0 Å². The third-order valence-corrected chi connectivity index (χ3v) is 8.63. The fourth-order valence-corrected chi connectivity index (χ4v) is 6.11. The topological polar surface area (TPSA) is 60.0 Å².